The van der Waals surface area contributed by atoms with E-state index in [0.29, 0.717) is 0 Å². The van der Waals surface area contributed by atoms with Crippen molar-refractivity contribution in [2.24, 2.45) is 5.73 Å². The van der Waals surface area contributed by atoms with Crippen LogP contribution in [0.15, 0.2) is 0 Å². The van der Waals surface area contributed by atoms with Crippen LogP contribution in [0.25, 0.3) is 0 Å². The van der Waals surface area contributed by atoms with Crippen LogP contribution >= 0.6 is 0 Å². The highest BCUT2D eigenvalue weighted by atomic mass is 17.4. The first-order chi connectivity index (χ1) is 7.27. The second kappa shape index (κ2) is 7.20. The average Bonchev–Trinajstić information content (AvgIpc) is 2.95. The fourth-order valence-electron chi connectivity index (χ4n) is 1.82. The second-order valence-corrected chi connectivity index (χ2v) is 4.56. The summed E-state index contributed by atoms with van der Waals surface area (Å²) in [4.78, 5) is 9.29. The molecule has 1 fully saturated rings. The van der Waals surface area contributed by atoms with Crippen LogP contribution in [0.1, 0.15) is 71.1 Å². The van der Waals surface area contributed by atoms with Gasteiger partial charge in [0.05, 0.1) is 0 Å². The zero-order chi connectivity index (χ0) is 11.0. The van der Waals surface area contributed by atoms with E-state index in [9.17, 15) is 0 Å². The van der Waals surface area contributed by atoms with Crippen molar-refractivity contribution in [1.82, 2.24) is 0 Å². The molecule has 90 valence electrons. The Morgan fingerprint density at radius 3 is 1.73 bits per heavy atom. The number of hydrogen-bond acceptors (Lipinski definition) is 3. The molecule has 1 rings (SSSR count). The van der Waals surface area contributed by atoms with Gasteiger partial charge in [-0.1, -0.05) is 58.3 Å². The van der Waals surface area contributed by atoms with Gasteiger partial charge in [0.25, 0.3) is 5.91 Å². The molecule has 3 nitrogen and oxygen atoms in total. The Hall–Kier alpha value is -0.120. The smallest absolute Gasteiger partial charge is 0.276 e. The summed E-state index contributed by atoms with van der Waals surface area (Å²) in [7, 11) is 0. The summed E-state index contributed by atoms with van der Waals surface area (Å²) in [5.74, 6) is -0.707. The van der Waals surface area contributed by atoms with Crippen molar-refractivity contribution in [3.8, 4) is 0 Å². The summed E-state index contributed by atoms with van der Waals surface area (Å²) < 4.78 is 0. The fraction of sp³-hybridized carbons (Fsp3) is 1.00. The molecule has 0 aromatic heterocycles. The first-order valence-corrected chi connectivity index (χ1v) is 6.42. The maximum absolute atomic E-state index is 5.60. The van der Waals surface area contributed by atoms with Gasteiger partial charge in [-0.05, 0) is 6.42 Å². The maximum Gasteiger partial charge on any atom is 0.285 e. The minimum atomic E-state index is -0.707. The molecular weight excluding hydrogens is 190 g/mol. The Kier molecular flexibility index (Phi) is 6.22. The van der Waals surface area contributed by atoms with Gasteiger partial charge in [-0.25, -0.2) is 0 Å². The van der Waals surface area contributed by atoms with Crippen molar-refractivity contribution in [3.05, 3.63) is 0 Å². The van der Waals surface area contributed by atoms with Crippen molar-refractivity contribution in [2.75, 3.05) is 0 Å². The first kappa shape index (κ1) is 12.9. The normalized spacial score (nSPS) is 18.0. The Bertz CT molecular complexity index is 158. The van der Waals surface area contributed by atoms with Crippen molar-refractivity contribution in [3.63, 3.8) is 0 Å². The largest absolute Gasteiger partial charge is 0.285 e. The van der Waals surface area contributed by atoms with Crippen LogP contribution in [-0.4, -0.2) is 5.91 Å². The third-order valence-corrected chi connectivity index (χ3v) is 2.93. The molecule has 0 aromatic rings. The highest BCUT2D eigenvalue weighted by Crippen LogP contribution is 2.28. The molecule has 0 atom stereocenters. The van der Waals surface area contributed by atoms with Gasteiger partial charge in [0, 0.05) is 6.42 Å². The zero-order valence-corrected chi connectivity index (χ0v) is 9.96. The molecule has 1 aliphatic heterocycles. The van der Waals surface area contributed by atoms with Gasteiger partial charge < -0.3 is 0 Å². The minimum absolute atomic E-state index is 0.707. The summed E-state index contributed by atoms with van der Waals surface area (Å²) in [6.07, 6.45) is 12.8. The Morgan fingerprint density at radius 2 is 1.27 bits per heavy atom. The van der Waals surface area contributed by atoms with Crippen LogP contribution in [-0.2, 0) is 9.78 Å². The molecule has 3 heteroatoms. The van der Waals surface area contributed by atoms with Crippen molar-refractivity contribution in [1.29, 1.82) is 0 Å². The molecule has 0 saturated carbocycles. The second-order valence-electron chi connectivity index (χ2n) is 4.56. The van der Waals surface area contributed by atoms with E-state index in [0.717, 1.165) is 12.8 Å². The van der Waals surface area contributed by atoms with Gasteiger partial charge in [0.1, 0.15) is 0 Å². The molecule has 2 N–H and O–H groups in total. The lowest BCUT2D eigenvalue weighted by Crippen LogP contribution is -2.22. The number of unbranched alkanes of at least 4 members (excludes halogenated alkanes) is 8. The average molecular weight is 215 g/mol. The van der Waals surface area contributed by atoms with Gasteiger partial charge in [0.15, 0.2) is 0 Å². The number of nitrogens with two attached hydrogens (primary N) is 1. The third-order valence-electron chi connectivity index (χ3n) is 2.93. The molecule has 0 bridgehead atoms. The molecule has 15 heavy (non-hydrogen) atoms. The summed E-state index contributed by atoms with van der Waals surface area (Å²) in [5, 5.41) is 0. The molecule has 0 aliphatic carbocycles. The summed E-state index contributed by atoms with van der Waals surface area (Å²) in [6.45, 7) is 2.25. The summed E-state index contributed by atoms with van der Waals surface area (Å²) in [5.41, 5.74) is 5.60. The van der Waals surface area contributed by atoms with E-state index >= 15 is 0 Å². The van der Waals surface area contributed by atoms with Crippen molar-refractivity contribution < 1.29 is 9.78 Å². The molecule has 0 unspecified atom stereocenters. The molecule has 0 radical (unpaired) electrons. The Morgan fingerprint density at radius 1 is 0.800 bits per heavy atom. The van der Waals surface area contributed by atoms with Crippen LogP contribution in [0.2, 0.25) is 0 Å². The molecular formula is C12H25NO2. The van der Waals surface area contributed by atoms with Crippen LogP contribution in [0.3, 0.4) is 0 Å². The lowest BCUT2D eigenvalue weighted by molar-refractivity contribution is 0.0850. The van der Waals surface area contributed by atoms with E-state index in [2.05, 4.69) is 16.7 Å². The highest BCUT2D eigenvalue weighted by Gasteiger charge is 2.43. The van der Waals surface area contributed by atoms with Crippen LogP contribution in [0.5, 0.6) is 0 Å². The topological polar surface area (TPSA) is 51.1 Å². The predicted molar refractivity (Wildman–Crippen MR) is 60.9 cm³/mol. The van der Waals surface area contributed by atoms with Gasteiger partial charge in [0.2, 0.25) is 0 Å². The lowest BCUT2D eigenvalue weighted by Gasteiger charge is -2.02. The minimum Gasteiger partial charge on any atom is -0.276 e. The zero-order valence-electron chi connectivity index (χ0n) is 9.96. The van der Waals surface area contributed by atoms with E-state index < -0.39 is 5.91 Å². The molecule has 0 aromatic carbocycles. The van der Waals surface area contributed by atoms with Gasteiger partial charge in [-0.15, -0.1) is 0 Å². The molecule has 1 heterocycles. The highest BCUT2D eigenvalue weighted by molar-refractivity contribution is 4.64. The van der Waals surface area contributed by atoms with Crippen LogP contribution in [0, 0.1) is 0 Å². The Balaban J connectivity index is 1.70. The van der Waals surface area contributed by atoms with Gasteiger partial charge >= 0.3 is 0 Å². The van der Waals surface area contributed by atoms with E-state index in [1.165, 1.54) is 51.4 Å². The van der Waals surface area contributed by atoms with E-state index in [1.54, 1.807) is 0 Å². The van der Waals surface area contributed by atoms with Crippen molar-refractivity contribution >= 4 is 0 Å². The van der Waals surface area contributed by atoms with Crippen LogP contribution in [0.4, 0.5) is 0 Å². The Labute approximate surface area is 93.2 Å². The van der Waals surface area contributed by atoms with Crippen molar-refractivity contribution in [2.45, 2.75) is 77.0 Å². The number of hydrogen-bond donors (Lipinski definition) is 1. The molecule has 0 spiro atoms. The fourth-order valence-corrected chi connectivity index (χ4v) is 1.82. The third kappa shape index (κ3) is 6.88. The quantitative estimate of drug-likeness (QED) is 0.345. The standard InChI is InChI=1S/C12H25NO2/c1-2-3-4-5-6-7-8-9-10-11-12(13)14-15-12/h2-11,13H2,1H3. The number of rotatable bonds is 10. The summed E-state index contributed by atoms with van der Waals surface area (Å²) in [6, 6.07) is 0. The monoisotopic (exact) mass is 215 g/mol. The van der Waals surface area contributed by atoms with E-state index in [-0.39, 0.29) is 0 Å². The van der Waals surface area contributed by atoms with E-state index in [4.69, 9.17) is 5.73 Å². The van der Waals surface area contributed by atoms with Crippen LogP contribution < -0.4 is 5.73 Å². The SMILES string of the molecule is CCCCCCCCCCCC1(N)OO1. The molecule has 1 aliphatic rings. The van der Waals surface area contributed by atoms with Gasteiger partial charge in [-0.3, -0.25) is 5.73 Å². The predicted octanol–water partition coefficient (Wildman–Crippen LogP) is 3.48. The van der Waals surface area contributed by atoms with Gasteiger partial charge in [-0.2, -0.15) is 9.78 Å². The lowest BCUT2D eigenvalue weighted by atomic mass is 10.1. The maximum atomic E-state index is 5.60. The summed E-state index contributed by atoms with van der Waals surface area (Å²) >= 11 is 0. The van der Waals surface area contributed by atoms with E-state index in [1.807, 2.05) is 0 Å². The molecule has 1 saturated heterocycles. The first-order valence-electron chi connectivity index (χ1n) is 6.42. The molecule has 0 amide bonds.